The van der Waals surface area contributed by atoms with Gasteiger partial charge in [-0.05, 0) is 20.3 Å². The molecular formula is C15H23NaO9S. The van der Waals surface area contributed by atoms with Gasteiger partial charge >= 0.3 is 57.6 Å². The zero-order valence-corrected chi connectivity index (χ0v) is 18.2. The van der Waals surface area contributed by atoms with Gasteiger partial charge < -0.3 is 15.6 Å². The monoisotopic (exact) mass is 402 g/mol. The standard InChI is InChI=1S/C15H22O9S.Na.H/c1-6-15(7-22-12(16)10(2)3,8-23-13(17)11(4)5)14(18)24-9-25(19,20)21;;/h2,4,6-9H2,1,3,5H3,(H,19,20,21);;/q;+1;-1. The first-order valence-electron chi connectivity index (χ1n) is 7.12. The first-order chi connectivity index (χ1) is 11.3. The molecule has 0 saturated heterocycles. The molecule has 0 aromatic rings. The molecule has 0 spiro atoms. The Hall–Kier alpha value is -1.20. The summed E-state index contributed by atoms with van der Waals surface area (Å²) in [5, 5.41) is 0. The quantitative estimate of drug-likeness (QED) is 0.147. The van der Waals surface area contributed by atoms with Gasteiger partial charge in [-0.2, -0.15) is 8.42 Å². The topological polar surface area (TPSA) is 133 Å². The summed E-state index contributed by atoms with van der Waals surface area (Å²) in [5.41, 5.74) is -1.49. The summed E-state index contributed by atoms with van der Waals surface area (Å²) in [6.07, 6.45) is -0.00967. The maximum absolute atomic E-state index is 12.3. The van der Waals surface area contributed by atoms with Gasteiger partial charge in [0.15, 0.2) is 0 Å². The number of hydrogen-bond acceptors (Lipinski definition) is 8. The van der Waals surface area contributed by atoms with Crippen LogP contribution in [0.3, 0.4) is 0 Å². The van der Waals surface area contributed by atoms with Gasteiger partial charge in [-0.1, -0.05) is 20.1 Å². The van der Waals surface area contributed by atoms with E-state index in [2.05, 4.69) is 17.9 Å². The summed E-state index contributed by atoms with van der Waals surface area (Å²) in [5.74, 6) is -3.97. The largest absolute Gasteiger partial charge is 1.00 e. The van der Waals surface area contributed by atoms with Gasteiger partial charge in [-0.3, -0.25) is 9.35 Å². The third-order valence-corrected chi connectivity index (χ3v) is 3.52. The predicted octanol–water partition coefficient (Wildman–Crippen LogP) is -1.87. The maximum atomic E-state index is 12.3. The van der Waals surface area contributed by atoms with Crippen LogP contribution in [-0.2, 0) is 38.7 Å². The second-order valence-electron chi connectivity index (χ2n) is 5.48. The van der Waals surface area contributed by atoms with E-state index in [1.807, 2.05) is 0 Å². The van der Waals surface area contributed by atoms with Crippen molar-refractivity contribution in [3.63, 3.8) is 0 Å². The second kappa shape index (κ2) is 11.5. The molecular weight excluding hydrogens is 379 g/mol. The number of esters is 3. The number of carbonyl (C=O) groups excluding carboxylic acids is 3. The van der Waals surface area contributed by atoms with Gasteiger partial charge in [0.2, 0.25) is 5.94 Å². The Morgan fingerprint density at radius 1 is 1.00 bits per heavy atom. The van der Waals surface area contributed by atoms with Crippen LogP contribution < -0.4 is 29.6 Å². The molecule has 0 atom stereocenters. The fourth-order valence-corrected chi connectivity index (χ4v) is 1.70. The summed E-state index contributed by atoms with van der Waals surface area (Å²) in [6, 6.07) is 0. The van der Waals surface area contributed by atoms with E-state index < -0.39 is 52.6 Å². The Labute approximate surface area is 176 Å². The summed E-state index contributed by atoms with van der Waals surface area (Å²) >= 11 is 0. The molecule has 0 radical (unpaired) electrons. The third kappa shape index (κ3) is 9.48. The molecule has 0 fully saturated rings. The Kier molecular flexibility index (Phi) is 12.0. The summed E-state index contributed by atoms with van der Waals surface area (Å²) in [6.45, 7) is 10.0. The van der Waals surface area contributed by atoms with Crippen LogP contribution in [-0.4, -0.2) is 50.0 Å². The van der Waals surface area contributed by atoms with Crippen molar-refractivity contribution in [3.05, 3.63) is 24.3 Å². The van der Waals surface area contributed by atoms with Crippen molar-refractivity contribution in [1.82, 2.24) is 0 Å². The van der Waals surface area contributed by atoms with E-state index in [9.17, 15) is 22.8 Å². The van der Waals surface area contributed by atoms with Crippen molar-refractivity contribution in [3.8, 4) is 0 Å². The van der Waals surface area contributed by atoms with E-state index in [1.165, 1.54) is 20.8 Å². The molecule has 0 aromatic carbocycles. The average Bonchev–Trinajstić information content (AvgIpc) is 2.51. The van der Waals surface area contributed by atoms with Crippen LogP contribution in [0.2, 0.25) is 0 Å². The molecule has 0 aliphatic heterocycles. The summed E-state index contributed by atoms with van der Waals surface area (Å²) < 4.78 is 44.6. The first-order valence-corrected chi connectivity index (χ1v) is 8.73. The van der Waals surface area contributed by atoms with Crippen LogP contribution in [0.25, 0.3) is 0 Å². The van der Waals surface area contributed by atoms with Gasteiger partial charge in [-0.25, -0.2) is 9.59 Å². The van der Waals surface area contributed by atoms with Crippen LogP contribution in [0.5, 0.6) is 0 Å². The number of hydrogen-bond donors (Lipinski definition) is 1. The Morgan fingerprint density at radius 2 is 1.38 bits per heavy atom. The van der Waals surface area contributed by atoms with E-state index in [-0.39, 0.29) is 48.6 Å². The van der Waals surface area contributed by atoms with E-state index in [1.54, 1.807) is 0 Å². The summed E-state index contributed by atoms with van der Waals surface area (Å²) in [4.78, 5) is 35.4. The van der Waals surface area contributed by atoms with Crippen molar-refractivity contribution >= 4 is 28.0 Å². The van der Waals surface area contributed by atoms with E-state index in [0.717, 1.165) is 0 Å². The molecule has 0 unspecified atom stereocenters. The average molecular weight is 402 g/mol. The molecule has 0 aliphatic rings. The van der Waals surface area contributed by atoms with Crippen LogP contribution >= 0.6 is 0 Å². The molecule has 11 heteroatoms. The molecule has 1 N–H and O–H groups in total. The van der Waals surface area contributed by atoms with E-state index in [0.29, 0.717) is 0 Å². The van der Waals surface area contributed by atoms with Crippen molar-refractivity contribution < 1.29 is 72.5 Å². The first kappa shape index (κ1) is 27.0. The molecule has 0 rings (SSSR count). The van der Waals surface area contributed by atoms with Crippen molar-refractivity contribution in [1.29, 1.82) is 0 Å². The molecule has 0 bridgehead atoms. The predicted molar refractivity (Wildman–Crippen MR) is 87.9 cm³/mol. The molecule has 0 heterocycles. The van der Waals surface area contributed by atoms with Crippen LogP contribution in [0.15, 0.2) is 24.3 Å². The minimum absolute atomic E-state index is 0. The number of carbonyl (C=O) groups is 3. The van der Waals surface area contributed by atoms with Crippen molar-refractivity contribution in [2.24, 2.45) is 5.41 Å². The van der Waals surface area contributed by atoms with E-state index in [4.69, 9.17) is 14.0 Å². The third-order valence-electron chi connectivity index (χ3n) is 3.10. The summed E-state index contributed by atoms with van der Waals surface area (Å²) in [7, 11) is -4.56. The Balaban J connectivity index is -0.00000288. The van der Waals surface area contributed by atoms with Gasteiger partial charge in [-0.15, -0.1) is 0 Å². The van der Waals surface area contributed by atoms with Crippen LogP contribution in [0.4, 0.5) is 0 Å². The van der Waals surface area contributed by atoms with Gasteiger partial charge in [0.05, 0.1) is 0 Å². The van der Waals surface area contributed by atoms with Crippen molar-refractivity contribution in [2.75, 3.05) is 19.2 Å². The molecule has 26 heavy (non-hydrogen) atoms. The molecule has 0 aromatic heterocycles. The fourth-order valence-electron chi connectivity index (χ4n) is 1.44. The zero-order valence-electron chi connectivity index (χ0n) is 16.4. The van der Waals surface area contributed by atoms with Gasteiger partial charge in [0.1, 0.15) is 18.6 Å². The normalized spacial score (nSPS) is 10.9. The minimum Gasteiger partial charge on any atom is -1.00 e. The molecule has 0 amide bonds. The van der Waals surface area contributed by atoms with Gasteiger partial charge in [0.25, 0.3) is 0 Å². The van der Waals surface area contributed by atoms with E-state index >= 15 is 0 Å². The maximum Gasteiger partial charge on any atom is 1.00 e. The van der Waals surface area contributed by atoms with Crippen LogP contribution in [0.1, 0.15) is 28.6 Å². The second-order valence-corrected chi connectivity index (χ2v) is 6.88. The molecule has 144 valence electrons. The van der Waals surface area contributed by atoms with Crippen molar-refractivity contribution in [2.45, 2.75) is 27.2 Å². The Morgan fingerprint density at radius 3 is 1.65 bits per heavy atom. The van der Waals surface area contributed by atoms with Crippen LogP contribution in [0, 0.1) is 5.41 Å². The minimum atomic E-state index is -4.56. The fraction of sp³-hybridized carbons (Fsp3) is 0.533. The molecule has 9 nitrogen and oxygen atoms in total. The smallest absolute Gasteiger partial charge is 1.00 e. The molecule has 0 saturated carbocycles. The Bertz CT molecular complexity index is 643. The van der Waals surface area contributed by atoms with Gasteiger partial charge in [0, 0.05) is 11.1 Å². The molecule has 0 aliphatic carbocycles. The number of ether oxygens (including phenoxy) is 3. The SMILES string of the molecule is C=C(C)C(=O)OCC(CC)(COC(=O)C(=C)C)C(=O)OCS(=O)(=O)O.[H-].[Na+]. The zero-order chi connectivity index (χ0) is 19.8. The number of rotatable bonds is 10.